The zero-order valence-electron chi connectivity index (χ0n) is 8.47. The van der Waals surface area contributed by atoms with Crippen LogP contribution in [0.25, 0.3) is 0 Å². The molecule has 0 aromatic rings. The first-order valence-electron chi connectivity index (χ1n) is 4.67. The number of hydrogen-bond acceptors (Lipinski definition) is 3. The van der Waals surface area contributed by atoms with Crippen LogP contribution in [0.15, 0.2) is 0 Å². The molecule has 4 heteroatoms. The molecular formula is C9H19NO3. The van der Waals surface area contributed by atoms with Gasteiger partial charge < -0.3 is 14.8 Å². The average molecular weight is 189 g/mol. The number of hydrogen-bond donors (Lipinski definition) is 1. The molecule has 0 saturated heterocycles. The molecule has 0 aliphatic carbocycles. The maximum absolute atomic E-state index is 10.4. The van der Waals surface area contributed by atoms with Crippen molar-refractivity contribution in [3.63, 3.8) is 0 Å². The van der Waals surface area contributed by atoms with E-state index in [0.29, 0.717) is 26.4 Å². The predicted octanol–water partition coefficient (Wildman–Crippen LogP) is 0.566. The molecule has 13 heavy (non-hydrogen) atoms. The summed E-state index contributed by atoms with van der Waals surface area (Å²) in [6.07, 6.45) is 0.853. The summed E-state index contributed by atoms with van der Waals surface area (Å²) in [5.41, 5.74) is 0. The molecule has 0 aliphatic rings. The Balaban J connectivity index is 2.87. The van der Waals surface area contributed by atoms with Crippen LogP contribution in [-0.4, -0.2) is 38.9 Å². The molecule has 0 radical (unpaired) electrons. The van der Waals surface area contributed by atoms with E-state index in [1.165, 1.54) is 6.92 Å². The van der Waals surface area contributed by atoms with Crippen LogP contribution in [0.2, 0.25) is 0 Å². The molecule has 0 rings (SSSR count). The summed E-state index contributed by atoms with van der Waals surface area (Å²) in [6.45, 7) is 6.84. The molecule has 0 saturated carbocycles. The standard InChI is InChI=1S/C9H19NO3/c1-3-12-7-8-13-6-4-5-10-9(2)11/h3-8H2,1-2H3,(H,10,11). The molecule has 0 atom stereocenters. The van der Waals surface area contributed by atoms with Gasteiger partial charge in [-0.15, -0.1) is 0 Å². The number of carbonyl (C=O) groups is 1. The molecule has 0 heterocycles. The van der Waals surface area contributed by atoms with Gasteiger partial charge in [-0.2, -0.15) is 0 Å². The van der Waals surface area contributed by atoms with Crippen molar-refractivity contribution in [2.45, 2.75) is 20.3 Å². The van der Waals surface area contributed by atoms with Gasteiger partial charge in [-0.3, -0.25) is 4.79 Å². The third-order valence-corrected chi connectivity index (χ3v) is 1.42. The lowest BCUT2D eigenvalue weighted by Gasteiger charge is -2.04. The lowest BCUT2D eigenvalue weighted by atomic mass is 10.4. The first-order valence-corrected chi connectivity index (χ1v) is 4.67. The van der Waals surface area contributed by atoms with E-state index in [-0.39, 0.29) is 5.91 Å². The lowest BCUT2D eigenvalue weighted by Crippen LogP contribution is -2.22. The summed E-state index contributed by atoms with van der Waals surface area (Å²) >= 11 is 0. The minimum Gasteiger partial charge on any atom is -0.379 e. The highest BCUT2D eigenvalue weighted by Crippen LogP contribution is 1.82. The Morgan fingerprint density at radius 3 is 2.54 bits per heavy atom. The summed E-state index contributed by atoms with van der Waals surface area (Å²) in [4.78, 5) is 10.4. The zero-order valence-corrected chi connectivity index (χ0v) is 8.47. The first-order chi connectivity index (χ1) is 6.27. The van der Waals surface area contributed by atoms with E-state index in [0.717, 1.165) is 13.0 Å². The fraction of sp³-hybridized carbons (Fsp3) is 0.889. The summed E-state index contributed by atoms with van der Waals surface area (Å²) in [5.74, 6) is 0.00863. The quantitative estimate of drug-likeness (QED) is 0.568. The van der Waals surface area contributed by atoms with Crippen molar-refractivity contribution in [3.8, 4) is 0 Å². The fourth-order valence-corrected chi connectivity index (χ4v) is 0.803. The van der Waals surface area contributed by atoms with Gasteiger partial charge >= 0.3 is 0 Å². The van der Waals surface area contributed by atoms with Crippen molar-refractivity contribution in [1.29, 1.82) is 0 Å². The maximum Gasteiger partial charge on any atom is 0.216 e. The van der Waals surface area contributed by atoms with Gasteiger partial charge in [0.2, 0.25) is 5.91 Å². The Labute approximate surface area is 79.6 Å². The Morgan fingerprint density at radius 1 is 1.23 bits per heavy atom. The van der Waals surface area contributed by atoms with Crippen molar-refractivity contribution < 1.29 is 14.3 Å². The Kier molecular flexibility index (Phi) is 9.03. The molecule has 78 valence electrons. The average Bonchev–Trinajstić information content (AvgIpc) is 2.09. The molecule has 0 fully saturated rings. The highest BCUT2D eigenvalue weighted by molar-refractivity contribution is 5.72. The number of ether oxygens (including phenoxy) is 2. The topological polar surface area (TPSA) is 47.6 Å². The van der Waals surface area contributed by atoms with E-state index in [1.54, 1.807) is 0 Å². The number of amides is 1. The molecule has 0 bridgehead atoms. The van der Waals surface area contributed by atoms with Crippen LogP contribution in [0.1, 0.15) is 20.3 Å². The molecule has 0 unspecified atom stereocenters. The van der Waals surface area contributed by atoms with Crippen molar-refractivity contribution >= 4 is 5.91 Å². The minimum atomic E-state index is 0.00863. The molecule has 0 aromatic carbocycles. The molecule has 0 aromatic heterocycles. The Morgan fingerprint density at radius 2 is 1.92 bits per heavy atom. The Bertz CT molecular complexity index is 128. The summed E-state index contributed by atoms with van der Waals surface area (Å²) in [7, 11) is 0. The summed E-state index contributed by atoms with van der Waals surface area (Å²) in [6, 6.07) is 0. The normalized spacial score (nSPS) is 10.0. The smallest absolute Gasteiger partial charge is 0.216 e. The van der Waals surface area contributed by atoms with E-state index < -0.39 is 0 Å². The van der Waals surface area contributed by atoms with Gasteiger partial charge in [-0.05, 0) is 13.3 Å². The second-order valence-electron chi connectivity index (χ2n) is 2.65. The van der Waals surface area contributed by atoms with Crippen LogP contribution >= 0.6 is 0 Å². The molecule has 4 nitrogen and oxygen atoms in total. The van der Waals surface area contributed by atoms with Crippen LogP contribution in [0.4, 0.5) is 0 Å². The van der Waals surface area contributed by atoms with Gasteiger partial charge in [0.1, 0.15) is 0 Å². The number of carbonyl (C=O) groups excluding carboxylic acids is 1. The van der Waals surface area contributed by atoms with Crippen LogP contribution < -0.4 is 5.32 Å². The molecular weight excluding hydrogens is 170 g/mol. The van der Waals surface area contributed by atoms with Gasteiger partial charge in [-0.25, -0.2) is 0 Å². The third kappa shape index (κ3) is 11.4. The van der Waals surface area contributed by atoms with E-state index >= 15 is 0 Å². The second kappa shape index (κ2) is 9.48. The lowest BCUT2D eigenvalue weighted by molar-refractivity contribution is -0.119. The Hall–Kier alpha value is -0.610. The minimum absolute atomic E-state index is 0.00863. The van der Waals surface area contributed by atoms with Crippen LogP contribution in [0.3, 0.4) is 0 Å². The van der Waals surface area contributed by atoms with Crippen molar-refractivity contribution in [1.82, 2.24) is 5.32 Å². The zero-order chi connectivity index (χ0) is 9.94. The van der Waals surface area contributed by atoms with Crippen LogP contribution in [0.5, 0.6) is 0 Å². The van der Waals surface area contributed by atoms with Gasteiger partial charge in [0.05, 0.1) is 13.2 Å². The summed E-state index contributed by atoms with van der Waals surface area (Å²) in [5, 5.41) is 2.70. The number of rotatable bonds is 8. The fourth-order valence-electron chi connectivity index (χ4n) is 0.803. The van der Waals surface area contributed by atoms with Gasteiger partial charge in [0, 0.05) is 26.7 Å². The van der Waals surface area contributed by atoms with Gasteiger partial charge in [0.15, 0.2) is 0 Å². The second-order valence-corrected chi connectivity index (χ2v) is 2.65. The van der Waals surface area contributed by atoms with Gasteiger partial charge in [0.25, 0.3) is 0 Å². The van der Waals surface area contributed by atoms with E-state index in [4.69, 9.17) is 9.47 Å². The summed E-state index contributed by atoms with van der Waals surface area (Å²) < 4.78 is 10.3. The van der Waals surface area contributed by atoms with Crippen molar-refractivity contribution in [2.75, 3.05) is 33.0 Å². The van der Waals surface area contributed by atoms with Crippen LogP contribution in [0, 0.1) is 0 Å². The maximum atomic E-state index is 10.4. The monoisotopic (exact) mass is 189 g/mol. The molecule has 1 N–H and O–H groups in total. The molecule has 1 amide bonds. The SMILES string of the molecule is CCOCCOCCCNC(C)=O. The predicted molar refractivity (Wildman–Crippen MR) is 50.6 cm³/mol. The first kappa shape index (κ1) is 12.4. The van der Waals surface area contributed by atoms with Crippen molar-refractivity contribution in [2.24, 2.45) is 0 Å². The molecule has 0 aliphatic heterocycles. The number of nitrogens with one attached hydrogen (secondary N) is 1. The third-order valence-electron chi connectivity index (χ3n) is 1.42. The highest BCUT2D eigenvalue weighted by atomic mass is 16.5. The van der Waals surface area contributed by atoms with Gasteiger partial charge in [-0.1, -0.05) is 0 Å². The largest absolute Gasteiger partial charge is 0.379 e. The van der Waals surface area contributed by atoms with Crippen molar-refractivity contribution in [3.05, 3.63) is 0 Å². The van der Waals surface area contributed by atoms with Crippen LogP contribution in [-0.2, 0) is 14.3 Å². The molecule has 0 spiro atoms. The van der Waals surface area contributed by atoms with E-state index in [1.807, 2.05) is 6.92 Å². The van der Waals surface area contributed by atoms with E-state index in [2.05, 4.69) is 5.32 Å². The highest BCUT2D eigenvalue weighted by Gasteiger charge is 1.91. The van der Waals surface area contributed by atoms with E-state index in [9.17, 15) is 4.79 Å².